The lowest BCUT2D eigenvalue weighted by molar-refractivity contribution is 0.458. The van der Waals surface area contributed by atoms with Gasteiger partial charge >= 0.3 is 0 Å². The minimum atomic E-state index is 0.346. The van der Waals surface area contributed by atoms with E-state index in [1.165, 1.54) is 37.2 Å². The Morgan fingerprint density at radius 2 is 2.05 bits per heavy atom. The first kappa shape index (κ1) is 14.8. The van der Waals surface area contributed by atoms with Crippen molar-refractivity contribution in [3.63, 3.8) is 0 Å². The highest BCUT2D eigenvalue weighted by Crippen LogP contribution is 2.39. The van der Waals surface area contributed by atoms with E-state index >= 15 is 0 Å². The monoisotopic (exact) mass is 307 g/mol. The highest BCUT2D eigenvalue weighted by Gasteiger charge is 2.31. The second-order valence-electron chi connectivity index (χ2n) is 6.10. The lowest BCUT2D eigenvalue weighted by Crippen LogP contribution is -2.41. The number of aryl methyl sites for hydroxylation is 1. The molecule has 0 amide bonds. The number of hydrogen-bond donors (Lipinski definition) is 1. The third-order valence-electron chi connectivity index (χ3n) is 4.71. The van der Waals surface area contributed by atoms with E-state index in [9.17, 15) is 0 Å². The molecule has 2 aliphatic rings. The molecule has 20 heavy (non-hydrogen) atoms. The molecule has 0 radical (unpaired) electrons. The number of rotatable bonds is 3. The van der Waals surface area contributed by atoms with Gasteiger partial charge in [-0.1, -0.05) is 31.2 Å². The molecule has 0 bridgehead atoms. The van der Waals surface area contributed by atoms with E-state index in [1.807, 2.05) is 0 Å². The summed E-state index contributed by atoms with van der Waals surface area (Å²) in [7, 11) is 0. The van der Waals surface area contributed by atoms with Gasteiger partial charge in [-0.2, -0.15) is 23.5 Å². The van der Waals surface area contributed by atoms with E-state index < -0.39 is 0 Å². The Bertz CT molecular complexity index is 448. The molecule has 1 fully saturated rings. The molecule has 1 aromatic rings. The largest absolute Gasteiger partial charge is 0.327 e. The molecule has 1 aliphatic heterocycles. The Labute approximate surface area is 131 Å². The summed E-state index contributed by atoms with van der Waals surface area (Å²) < 4.78 is 0. The van der Waals surface area contributed by atoms with Gasteiger partial charge in [0.05, 0.1) is 0 Å². The van der Waals surface area contributed by atoms with Gasteiger partial charge in [0.15, 0.2) is 0 Å². The van der Waals surface area contributed by atoms with Crippen LogP contribution >= 0.6 is 23.5 Å². The standard InChI is InChI=1S/C17H25NS2/c1-12-17(20-10-9-19-12)16(18)11-14-7-4-6-13-5-2-3-8-15(13)14/h2-3,5,8,12,14,16-17H,4,6-7,9-11,18H2,1H3. The van der Waals surface area contributed by atoms with E-state index in [0.717, 1.165) is 0 Å². The predicted octanol–water partition coefficient (Wildman–Crippen LogP) is 4.06. The third-order valence-corrected chi connectivity index (χ3v) is 7.98. The first-order valence-electron chi connectivity index (χ1n) is 7.82. The Morgan fingerprint density at radius 3 is 2.90 bits per heavy atom. The van der Waals surface area contributed by atoms with Crippen molar-refractivity contribution in [1.29, 1.82) is 0 Å². The Morgan fingerprint density at radius 1 is 1.25 bits per heavy atom. The van der Waals surface area contributed by atoms with Gasteiger partial charge in [-0.3, -0.25) is 0 Å². The average molecular weight is 308 g/mol. The number of thioether (sulfide) groups is 2. The Balaban J connectivity index is 1.69. The van der Waals surface area contributed by atoms with Crippen molar-refractivity contribution < 1.29 is 0 Å². The molecule has 4 atom stereocenters. The zero-order valence-corrected chi connectivity index (χ0v) is 13.9. The SMILES string of the molecule is CC1SCCSC1C(N)CC1CCCc2ccccc21. The number of fused-ring (bicyclic) bond motifs is 1. The molecular weight excluding hydrogens is 282 g/mol. The van der Waals surface area contributed by atoms with E-state index in [4.69, 9.17) is 5.73 Å². The fourth-order valence-corrected chi connectivity index (χ4v) is 6.59. The van der Waals surface area contributed by atoms with Crippen LogP contribution in [0.15, 0.2) is 24.3 Å². The van der Waals surface area contributed by atoms with Gasteiger partial charge in [-0.25, -0.2) is 0 Å². The molecule has 110 valence electrons. The molecule has 1 nitrogen and oxygen atoms in total. The van der Waals surface area contributed by atoms with Crippen molar-refractivity contribution in [3.8, 4) is 0 Å². The zero-order chi connectivity index (χ0) is 13.9. The molecule has 1 aliphatic carbocycles. The highest BCUT2D eigenvalue weighted by atomic mass is 32.2. The smallest absolute Gasteiger partial charge is 0.0315 e. The van der Waals surface area contributed by atoms with Gasteiger partial charge in [-0.05, 0) is 42.7 Å². The summed E-state index contributed by atoms with van der Waals surface area (Å²) in [6, 6.07) is 9.35. The van der Waals surface area contributed by atoms with Gasteiger partial charge in [0.25, 0.3) is 0 Å². The molecule has 4 unspecified atom stereocenters. The van der Waals surface area contributed by atoms with Gasteiger partial charge in [0, 0.05) is 28.0 Å². The summed E-state index contributed by atoms with van der Waals surface area (Å²) >= 11 is 4.20. The third kappa shape index (κ3) is 3.20. The summed E-state index contributed by atoms with van der Waals surface area (Å²) in [5.41, 5.74) is 9.74. The maximum absolute atomic E-state index is 6.59. The van der Waals surface area contributed by atoms with Crippen LogP contribution in [-0.4, -0.2) is 28.0 Å². The van der Waals surface area contributed by atoms with Crippen molar-refractivity contribution in [2.45, 2.75) is 55.1 Å². The van der Waals surface area contributed by atoms with Gasteiger partial charge in [0.1, 0.15) is 0 Å². The van der Waals surface area contributed by atoms with E-state index in [1.54, 1.807) is 11.1 Å². The van der Waals surface area contributed by atoms with Crippen molar-refractivity contribution in [1.82, 2.24) is 0 Å². The minimum absolute atomic E-state index is 0.346. The molecule has 1 heterocycles. The summed E-state index contributed by atoms with van der Waals surface area (Å²) in [6.45, 7) is 2.36. The zero-order valence-electron chi connectivity index (χ0n) is 12.3. The van der Waals surface area contributed by atoms with Crippen LogP contribution in [0.3, 0.4) is 0 Å². The van der Waals surface area contributed by atoms with Crippen LogP contribution in [0.1, 0.15) is 43.2 Å². The van der Waals surface area contributed by atoms with Crippen molar-refractivity contribution in [3.05, 3.63) is 35.4 Å². The second kappa shape index (κ2) is 6.76. The van der Waals surface area contributed by atoms with Gasteiger partial charge < -0.3 is 5.73 Å². The van der Waals surface area contributed by atoms with Crippen molar-refractivity contribution >= 4 is 23.5 Å². The first-order chi connectivity index (χ1) is 9.75. The van der Waals surface area contributed by atoms with Crippen LogP contribution in [0.4, 0.5) is 0 Å². The molecule has 0 saturated carbocycles. The fourth-order valence-electron chi connectivity index (χ4n) is 3.68. The van der Waals surface area contributed by atoms with Gasteiger partial charge in [-0.15, -0.1) is 0 Å². The van der Waals surface area contributed by atoms with Crippen LogP contribution < -0.4 is 5.73 Å². The van der Waals surface area contributed by atoms with Gasteiger partial charge in [0.2, 0.25) is 0 Å². The predicted molar refractivity (Wildman–Crippen MR) is 92.9 cm³/mol. The molecule has 0 spiro atoms. The van der Waals surface area contributed by atoms with Crippen molar-refractivity contribution in [2.24, 2.45) is 5.73 Å². The fraction of sp³-hybridized carbons (Fsp3) is 0.647. The van der Waals surface area contributed by atoms with Crippen LogP contribution in [-0.2, 0) is 6.42 Å². The number of benzene rings is 1. The number of hydrogen-bond acceptors (Lipinski definition) is 3. The van der Waals surface area contributed by atoms with Crippen LogP contribution in [0, 0.1) is 0 Å². The minimum Gasteiger partial charge on any atom is -0.327 e. The Hall–Kier alpha value is -0.120. The summed E-state index contributed by atoms with van der Waals surface area (Å²) in [5.74, 6) is 3.25. The lowest BCUT2D eigenvalue weighted by Gasteiger charge is -2.35. The lowest BCUT2D eigenvalue weighted by atomic mass is 9.79. The normalized spacial score (nSPS) is 31.6. The Kier molecular flexibility index (Phi) is 5.00. The van der Waals surface area contributed by atoms with E-state index in [-0.39, 0.29) is 0 Å². The highest BCUT2D eigenvalue weighted by molar-refractivity contribution is 8.07. The molecule has 0 aromatic heterocycles. The summed E-state index contributed by atoms with van der Waals surface area (Å²) in [4.78, 5) is 0. The van der Waals surface area contributed by atoms with E-state index in [0.29, 0.717) is 22.5 Å². The van der Waals surface area contributed by atoms with Crippen LogP contribution in [0.5, 0.6) is 0 Å². The topological polar surface area (TPSA) is 26.0 Å². The van der Waals surface area contributed by atoms with Crippen LogP contribution in [0.2, 0.25) is 0 Å². The van der Waals surface area contributed by atoms with Crippen LogP contribution in [0.25, 0.3) is 0 Å². The summed E-state index contributed by atoms with van der Waals surface area (Å²) in [6.07, 6.45) is 5.08. The first-order valence-corrected chi connectivity index (χ1v) is 9.92. The molecule has 3 rings (SSSR count). The van der Waals surface area contributed by atoms with E-state index in [2.05, 4.69) is 54.7 Å². The maximum atomic E-state index is 6.59. The molecule has 1 aromatic carbocycles. The quantitative estimate of drug-likeness (QED) is 0.912. The average Bonchev–Trinajstić information content (AvgIpc) is 2.48. The summed E-state index contributed by atoms with van der Waals surface area (Å²) in [5, 5.41) is 1.35. The van der Waals surface area contributed by atoms with Crippen molar-refractivity contribution in [2.75, 3.05) is 11.5 Å². The molecule has 3 heteroatoms. The maximum Gasteiger partial charge on any atom is 0.0315 e. The molecule has 2 N–H and O–H groups in total. The molecular formula is C17H25NS2. The second-order valence-corrected chi connectivity index (χ2v) is 8.87. The number of nitrogens with two attached hydrogens (primary N) is 1. The molecule has 1 saturated heterocycles.